The molecule has 1 heterocycles. The molecule has 4 nitrogen and oxygen atoms in total. The van der Waals surface area contributed by atoms with E-state index in [0.717, 1.165) is 6.54 Å². The lowest BCUT2D eigenvalue weighted by Crippen LogP contribution is -2.39. The summed E-state index contributed by atoms with van der Waals surface area (Å²) in [6, 6.07) is 0.492. The zero-order chi connectivity index (χ0) is 10.1. The molecule has 1 aliphatic heterocycles. The lowest BCUT2D eigenvalue weighted by atomic mass is 10.0. The van der Waals surface area contributed by atoms with Gasteiger partial charge in [0.25, 0.3) is 0 Å². The molecule has 2 fully saturated rings. The van der Waals surface area contributed by atoms with Gasteiger partial charge in [-0.3, -0.25) is 4.90 Å². The van der Waals surface area contributed by atoms with E-state index in [-0.39, 0.29) is 0 Å². The number of hydrogen-bond acceptors (Lipinski definition) is 4. The van der Waals surface area contributed by atoms with Crippen LogP contribution in [0.1, 0.15) is 19.3 Å². The van der Waals surface area contributed by atoms with Crippen molar-refractivity contribution in [3.05, 3.63) is 0 Å². The molecule has 0 aromatic carbocycles. The van der Waals surface area contributed by atoms with Crippen LogP contribution in [0.15, 0.2) is 0 Å². The highest BCUT2D eigenvalue weighted by molar-refractivity contribution is 4.93. The Kier molecular flexibility index (Phi) is 3.07. The average Bonchev–Trinajstić information content (AvgIpc) is 2.73. The molecule has 0 aromatic rings. The average molecular weight is 200 g/mol. The van der Waals surface area contributed by atoms with Crippen molar-refractivity contribution in [2.75, 3.05) is 19.6 Å². The van der Waals surface area contributed by atoms with Crippen LogP contribution in [0.4, 0.5) is 0 Å². The minimum atomic E-state index is -0.561. The molecule has 0 spiro atoms. The maximum atomic E-state index is 9.46. The van der Waals surface area contributed by atoms with Crippen LogP contribution in [-0.4, -0.2) is 53.0 Å². The molecule has 4 unspecified atom stereocenters. The summed E-state index contributed by atoms with van der Waals surface area (Å²) in [5.41, 5.74) is 5.71. The molecule has 0 aromatic heterocycles. The third-order valence-electron chi connectivity index (χ3n) is 3.68. The van der Waals surface area contributed by atoms with E-state index in [4.69, 9.17) is 5.73 Å². The summed E-state index contributed by atoms with van der Waals surface area (Å²) in [5, 5.41) is 18.9. The zero-order valence-electron chi connectivity index (χ0n) is 8.47. The van der Waals surface area contributed by atoms with E-state index in [1.165, 1.54) is 19.3 Å². The number of nitrogens with two attached hydrogens (primary N) is 1. The van der Waals surface area contributed by atoms with E-state index >= 15 is 0 Å². The Bertz CT molecular complexity index is 191. The van der Waals surface area contributed by atoms with Crippen LogP contribution in [-0.2, 0) is 0 Å². The smallest absolute Gasteiger partial charge is 0.0938 e. The van der Waals surface area contributed by atoms with Crippen molar-refractivity contribution in [2.45, 2.75) is 37.5 Å². The summed E-state index contributed by atoms with van der Waals surface area (Å²) >= 11 is 0. The minimum Gasteiger partial charge on any atom is -0.389 e. The van der Waals surface area contributed by atoms with E-state index < -0.39 is 12.2 Å². The molecule has 1 saturated carbocycles. The van der Waals surface area contributed by atoms with Crippen molar-refractivity contribution >= 4 is 0 Å². The maximum absolute atomic E-state index is 9.46. The first-order valence-corrected chi connectivity index (χ1v) is 5.52. The van der Waals surface area contributed by atoms with E-state index in [2.05, 4.69) is 4.90 Å². The Morgan fingerprint density at radius 1 is 1.14 bits per heavy atom. The second kappa shape index (κ2) is 4.14. The summed E-state index contributed by atoms with van der Waals surface area (Å²) < 4.78 is 0. The van der Waals surface area contributed by atoms with Crippen LogP contribution in [0, 0.1) is 5.92 Å². The zero-order valence-corrected chi connectivity index (χ0v) is 8.47. The highest BCUT2D eigenvalue weighted by Crippen LogP contribution is 2.31. The molecular formula is C10H20N2O2. The topological polar surface area (TPSA) is 69.7 Å². The second-order valence-corrected chi connectivity index (χ2v) is 4.58. The Morgan fingerprint density at radius 2 is 1.79 bits per heavy atom. The van der Waals surface area contributed by atoms with Crippen molar-refractivity contribution in [3.8, 4) is 0 Å². The number of hydrogen-bond donors (Lipinski definition) is 3. The quantitative estimate of drug-likeness (QED) is 0.543. The standard InChI is InChI=1S/C10H20N2O2/c11-4-7-2-1-3-8(7)12-5-9(13)10(14)6-12/h7-10,13-14H,1-6,11H2. The first-order valence-electron chi connectivity index (χ1n) is 5.52. The number of rotatable bonds is 2. The number of β-amino-alcohol motifs (C(OH)–C–C–N with tert-alkyl or cyclic N) is 2. The maximum Gasteiger partial charge on any atom is 0.0938 e. The van der Waals surface area contributed by atoms with Gasteiger partial charge in [-0.2, -0.15) is 0 Å². The molecular weight excluding hydrogens is 180 g/mol. The van der Waals surface area contributed by atoms with E-state index in [0.29, 0.717) is 25.0 Å². The fraction of sp³-hybridized carbons (Fsp3) is 1.00. The van der Waals surface area contributed by atoms with Crippen molar-refractivity contribution in [1.82, 2.24) is 4.90 Å². The Balaban J connectivity index is 1.95. The third-order valence-corrected chi connectivity index (χ3v) is 3.68. The Hall–Kier alpha value is -0.160. The highest BCUT2D eigenvalue weighted by atomic mass is 16.3. The SMILES string of the molecule is NCC1CCCC1N1CC(O)C(O)C1. The first-order chi connectivity index (χ1) is 6.72. The number of aliphatic hydroxyl groups is 2. The van der Waals surface area contributed by atoms with Crippen LogP contribution in [0.5, 0.6) is 0 Å². The van der Waals surface area contributed by atoms with Crippen molar-refractivity contribution in [3.63, 3.8) is 0 Å². The monoisotopic (exact) mass is 200 g/mol. The van der Waals surface area contributed by atoms with E-state index in [9.17, 15) is 10.2 Å². The fourth-order valence-electron chi connectivity index (χ4n) is 2.84. The summed E-state index contributed by atoms with van der Waals surface area (Å²) in [5.74, 6) is 0.562. The molecule has 2 aliphatic rings. The molecule has 0 amide bonds. The second-order valence-electron chi connectivity index (χ2n) is 4.58. The van der Waals surface area contributed by atoms with Gasteiger partial charge in [-0.1, -0.05) is 6.42 Å². The van der Waals surface area contributed by atoms with Crippen molar-refractivity contribution in [2.24, 2.45) is 11.7 Å². The van der Waals surface area contributed by atoms with Crippen LogP contribution < -0.4 is 5.73 Å². The van der Waals surface area contributed by atoms with Gasteiger partial charge in [-0.15, -0.1) is 0 Å². The lowest BCUT2D eigenvalue weighted by molar-refractivity contribution is 0.0572. The first kappa shape index (κ1) is 10.4. The fourth-order valence-corrected chi connectivity index (χ4v) is 2.84. The predicted octanol–water partition coefficient (Wildman–Crippen LogP) is -0.849. The van der Waals surface area contributed by atoms with Gasteiger partial charge in [0, 0.05) is 19.1 Å². The van der Waals surface area contributed by atoms with Gasteiger partial charge in [0.15, 0.2) is 0 Å². The van der Waals surface area contributed by atoms with Gasteiger partial charge >= 0.3 is 0 Å². The molecule has 82 valence electrons. The van der Waals surface area contributed by atoms with E-state index in [1.807, 2.05) is 0 Å². The third kappa shape index (κ3) is 1.80. The summed E-state index contributed by atoms with van der Waals surface area (Å²) in [4.78, 5) is 2.21. The molecule has 4 N–H and O–H groups in total. The van der Waals surface area contributed by atoms with Gasteiger partial charge in [0.2, 0.25) is 0 Å². The van der Waals surface area contributed by atoms with E-state index in [1.54, 1.807) is 0 Å². The van der Waals surface area contributed by atoms with Crippen molar-refractivity contribution in [1.29, 1.82) is 0 Å². The molecule has 1 aliphatic carbocycles. The highest BCUT2D eigenvalue weighted by Gasteiger charge is 2.38. The van der Waals surface area contributed by atoms with Crippen LogP contribution >= 0.6 is 0 Å². The molecule has 1 saturated heterocycles. The lowest BCUT2D eigenvalue weighted by Gasteiger charge is -2.28. The Morgan fingerprint density at radius 3 is 2.36 bits per heavy atom. The van der Waals surface area contributed by atoms with Gasteiger partial charge in [-0.05, 0) is 25.3 Å². The van der Waals surface area contributed by atoms with Crippen LogP contribution in [0.25, 0.3) is 0 Å². The summed E-state index contributed by atoms with van der Waals surface area (Å²) in [6.07, 6.45) is 2.48. The van der Waals surface area contributed by atoms with Gasteiger partial charge in [0.1, 0.15) is 0 Å². The van der Waals surface area contributed by atoms with Crippen molar-refractivity contribution < 1.29 is 10.2 Å². The molecule has 4 heteroatoms. The van der Waals surface area contributed by atoms with Gasteiger partial charge in [0.05, 0.1) is 12.2 Å². The molecule has 4 atom stereocenters. The predicted molar refractivity (Wildman–Crippen MR) is 53.8 cm³/mol. The molecule has 14 heavy (non-hydrogen) atoms. The normalized spacial score (nSPS) is 44.8. The van der Waals surface area contributed by atoms with Crippen LogP contribution in [0.2, 0.25) is 0 Å². The number of likely N-dealkylation sites (tertiary alicyclic amines) is 1. The molecule has 0 bridgehead atoms. The number of nitrogens with zero attached hydrogens (tertiary/aromatic N) is 1. The van der Waals surface area contributed by atoms with Gasteiger partial charge in [-0.25, -0.2) is 0 Å². The molecule has 2 rings (SSSR count). The summed E-state index contributed by atoms with van der Waals surface area (Å²) in [6.45, 7) is 1.96. The van der Waals surface area contributed by atoms with Crippen LogP contribution in [0.3, 0.4) is 0 Å². The molecule has 0 radical (unpaired) electrons. The Labute approximate surface area is 84.7 Å². The minimum absolute atomic E-state index is 0.492. The summed E-state index contributed by atoms with van der Waals surface area (Å²) in [7, 11) is 0. The number of aliphatic hydroxyl groups excluding tert-OH is 2. The largest absolute Gasteiger partial charge is 0.389 e. The van der Waals surface area contributed by atoms with Gasteiger partial charge < -0.3 is 15.9 Å².